The van der Waals surface area contributed by atoms with Crippen molar-refractivity contribution >= 4 is 5.91 Å². The summed E-state index contributed by atoms with van der Waals surface area (Å²) in [6.07, 6.45) is 8.98. The minimum absolute atomic E-state index is 0.127. The SMILES string of the molecule is NC[C@H]1CCC[C@H]1C(=O)NCC1(N)CCCCC1. The van der Waals surface area contributed by atoms with E-state index in [2.05, 4.69) is 5.32 Å². The van der Waals surface area contributed by atoms with Gasteiger partial charge in [-0.2, -0.15) is 0 Å². The largest absolute Gasteiger partial charge is 0.354 e. The van der Waals surface area contributed by atoms with Crippen LogP contribution in [0.5, 0.6) is 0 Å². The molecular formula is C14H27N3O. The number of nitrogens with two attached hydrogens (primary N) is 2. The fourth-order valence-electron chi connectivity index (χ4n) is 3.49. The van der Waals surface area contributed by atoms with Gasteiger partial charge in [-0.3, -0.25) is 4.79 Å². The van der Waals surface area contributed by atoms with Gasteiger partial charge in [-0.25, -0.2) is 0 Å². The van der Waals surface area contributed by atoms with E-state index >= 15 is 0 Å². The summed E-state index contributed by atoms with van der Waals surface area (Å²) >= 11 is 0. The topological polar surface area (TPSA) is 81.1 Å². The molecule has 0 heterocycles. The van der Waals surface area contributed by atoms with Gasteiger partial charge in [-0.05, 0) is 38.1 Å². The Morgan fingerprint density at radius 2 is 1.89 bits per heavy atom. The number of hydrogen-bond acceptors (Lipinski definition) is 3. The first-order valence-corrected chi connectivity index (χ1v) is 7.41. The third-order valence-electron chi connectivity index (χ3n) is 4.76. The zero-order valence-electron chi connectivity index (χ0n) is 11.3. The molecule has 0 aliphatic heterocycles. The maximum atomic E-state index is 12.2. The zero-order chi connectivity index (χ0) is 13.0. The van der Waals surface area contributed by atoms with Gasteiger partial charge < -0.3 is 16.8 Å². The molecule has 0 saturated heterocycles. The zero-order valence-corrected chi connectivity index (χ0v) is 11.3. The van der Waals surface area contributed by atoms with Gasteiger partial charge >= 0.3 is 0 Å². The van der Waals surface area contributed by atoms with Gasteiger partial charge in [0.1, 0.15) is 0 Å². The Bertz CT molecular complexity index is 287. The normalized spacial score (nSPS) is 31.2. The number of rotatable bonds is 4. The van der Waals surface area contributed by atoms with E-state index in [0.29, 0.717) is 19.0 Å². The molecule has 2 atom stereocenters. The Labute approximate surface area is 110 Å². The number of carbonyl (C=O) groups is 1. The third-order valence-corrected chi connectivity index (χ3v) is 4.76. The van der Waals surface area contributed by atoms with E-state index in [1.165, 1.54) is 19.3 Å². The Morgan fingerprint density at radius 1 is 1.17 bits per heavy atom. The lowest BCUT2D eigenvalue weighted by molar-refractivity contribution is -0.126. The van der Waals surface area contributed by atoms with Crippen LogP contribution in [0.25, 0.3) is 0 Å². The van der Waals surface area contributed by atoms with Gasteiger partial charge in [-0.15, -0.1) is 0 Å². The summed E-state index contributed by atoms with van der Waals surface area (Å²) in [6, 6.07) is 0. The van der Waals surface area contributed by atoms with Crippen molar-refractivity contribution in [3.8, 4) is 0 Å². The van der Waals surface area contributed by atoms with Gasteiger partial charge in [0.2, 0.25) is 5.91 Å². The first-order valence-electron chi connectivity index (χ1n) is 7.41. The van der Waals surface area contributed by atoms with E-state index in [4.69, 9.17) is 11.5 Å². The van der Waals surface area contributed by atoms with Crippen LogP contribution < -0.4 is 16.8 Å². The molecule has 0 radical (unpaired) electrons. The molecule has 0 spiro atoms. The van der Waals surface area contributed by atoms with Crippen LogP contribution in [0.4, 0.5) is 0 Å². The molecule has 4 heteroatoms. The molecule has 1 amide bonds. The smallest absolute Gasteiger partial charge is 0.223 e. The molecule has 2 aliphatic carbocycles. The van der Waals surface area contributed by atoms with Gasteiger partial charge in [0.25, 0.3) is 0 Å². The van der Waals surface area contributed by atoms with Crippen LogP contribution in [0.3, 0.4) is 0 Å². The number of carbonyl (C=O) groups excluding carboxylic acids is 1. The van der Waals surface area contributed by atoms with Crippen molar-refractivity contribution in [2.45, 2.75) is 56.9 Å². The number of hydrogen-bond donors (Lipinski definition) is 3. The maximum Gasteiger partial charge on any atom is 0.223 e. The first-order chi connectivity index (χ1) is 8.64. The van der Waals surface area contributed by atoms with E-state index < -0.39 is 0 Å². The lowest BCUT2D eigenvalue weighted by atomic mass is 9.82. The van der Waals surface area contributed by atoms with E-state index in [9.17, 15) is 4.79 Å². The molecular weight excluding hydrogens is 226 g/mol. The van der Waals surface area contributed by atoms with Crippen molar-refractivity contribution in [2.75, 3.05) is 13.1 Å². The Morgan fingerprint density at radius 3 is 2.56 bits per heavy atom. The fraction of sp³-hybridized carbons (Fsp3) is 0.929. The maximum absolute atomic E-state index is 12.2. The summed E-state index contributed by atoms with van der Waals surface area (Å²) in [5.74, 6) is 0.686. The molecule has 2 rings (SSSR count). The molecule has 0 unspecified atom stereocenters. The molecule has 2 saturated carbocycles. The molecule has 5 N–H and O–H groups in total. The first kappa shape index (κ1) is 13.8. The lowest BCUT2D eigenvalue weighted by Gasteiger charge is -2.34. The van der Waals surface area contributed by atoms with Gasteiger partial charge in [0, 0.05) is 18.0 Å². The highest BCUT2D eigenvalue weighted by Gasteiger charge is 2.34. The highest BCUT2D eigenvalue weighted by Crippen LogP contribution is 2.31. The molecule has 104 valence electrons. The van der Waals surface area contributed by atoms with Crippen molar-refractivity contribution in [1.29, 1.82) is 0 Å². The summed E-state index contributed by atoms with van der Waals surface area (Å²) in [5.41, 5.74) is 11.9. The van der Waals surface area contributed by atoms with Crippen molar-refractivity contribution < 1.29 is 4.79 Å². The van der Waals surface area contributed by atoms with Crippen molar-refractivity contribution in [1.82, 2.24) is 5.32 Å². The molecule has 2 fully saturated rings. The number of amides is 1. The van der Waals surface area contributed by atoms with Gasteiger partial charge in [0.05, 0.1) is 0 Å². The Kier molecular flexibility index (Phi) is 4.62. The molecule has 0 aromatic heterocycles. The Balaban J connectivity index is 1.80. The van der Waals surface area contributed by atoms with Crippen LogP contribution in [0.1, 0.15) is 51.4 Å². The summed E-state index contributed by atoms with van der Waals surface area (Å²) in [4.78, 5) is 12.2. The predicted octanol–water partition coefficient (Wildman–Crippen LogP) is 1.14. The molecule has 4 nitrogen and oxygen atoms in total. The second-order valence-corrected chi connectivity index (χ2v) is 6.17. The minimum atomic E-state index is -0.162. The average Bonchev–Trinajstić information content (AvgIpc) is 2.85. The summed E-state index contributed by atoms with van der Waals surface area (Å²) in [5, 5.41) is 3.08. The quantitative estimate of drug-likeness (QED) is 0.702. The van der Waals surface area contributed by atoms with Crippen LogP contribution in [-0.2, 0) is 4.79 Å². The van der Waals surface area contributed by atoms with Crippen LogP contribution in [0.2, 0.25) is 0 Å². The van der Waals surface area contributed by atoms with Crippen LogP contribution in [0, 0.1) is 11.8 Å². The molecule has 2 aliphatic rings. The molecule has 0 bridgehead atoms. The van der Waals surface area contributed by atoms with Crippen LogP contribution in [-0.4, -0.2) is 24.5 Å². The van der Waals surface area contributed by atoms with Crippen molar-refractivity contribution in [2.24, 2.45) is 23.3 Å². The minimum Gasteiger partial charge on any atom is -0.354 e. The summed E-state index contributed by atoms with van der Waals surface area (Å²) in [6.45, 7) is 1.27. The fourth-order valence-corrected chi connectivity index (χ4v) is 3.49. The standard InChI is InChI=1S/C14H27N3O/c15-9-11-5-4-6-12(11)13(18)17-10-14(16)7-2-1-3-8-14/h11-12H,1-10,15-16H2,(H,17,18)/t11-,12-/m1/s1. The number of nitrogens with one attached hydrogen (secondary N) is 1. The van der Waals surface area contributed by atoms with E-state index in [0.717, 1.165) is 32.1 Å². The lowest BCUT2D eigenvalue weighted by Crippen LogP contribution is -2.52. The second-order valence-electron chi connectivity index (χ2n) is 6.17. The monoisotopic (exact) mass is 253 g/mol. The second kappa shape index (κ2) is 6.02. The highest BCUT2D eigenvalue weighted by molar-refractivity contribution is 5.79. The summed E-state index contributed by atoms with van der Waals surface area (Å²) < 4.78 is 0. The molecule has 18 heavy (non-hydrogen) atoms. The van der Waals surface area contributed by atoms with Crippen molar-refractivity contribution in [3.05, 3.63) is 0 Å². The molecule has 0 aromatic carbocycles. The van der Waals surface area contributed by atoms with Crippen LogP contribution >= 0.6 is 0 Å². The van der Waals surface area contributed by atoms with E-state index in [-0.39, 0.29) is 17.4 Å². The van der Waals surface area contributed by atoms with E-state index in [1.807, 2.05) is 0 Å². The third kappa shape index (κ3) is 3.23. The Hall–Kier alpha value is -0.610. The van der Waals surface area contributed by atoms with Gasteiger partial charge in [-0.1, -0.05) is 25.7 Å². The van der Waals surface area contributed by atoms with Crippen LogP contribution in [0.15, 0.2) is 0 Å². The van der Waals surface area contributed by atoms with Gasteiger partial charge in [0.15, 0.2) is 0 Å². The van der Waals surface area contributed by atoms with E-state index in [1.54, 1.807) is 0 Å². The average molecular weight is 253 g/mol. The summed E-state index contributed by atoms with van der Waals surface area (Å²) in [7, 11) is 0. The van der Waals surface area contributed by atoms with Crippen molar-refractivity contribution in [3.63, 3.8) is 0 Å². The predicted molar refractivity (Wildman–Crippen MR) is 72.9 cm³/mol. The highest BCUT2D eigenvalue weighted by atomic mass is 16.1. The molecule has 0 aromatic rings.